The highest BCUT2D eigenvalue weighted by molar-refractivity contribution is 5.93. The molecule has 1 amide bonds. The summed E-state index contributed by atoms with van der Waals surface area (Å²) in [6.07, 6.45) is 7.24. The van der Waals surface area contributed by atoms with E-state index in [4.69, 9.17) is 4.74 Å². The Morgan fingerprint density at radius 1 is 1.38 bits per heavy atom. The van der Waals surface area contributed by atoms with Gasteiger partial charge in [0, 0.05) is 38.3 Å². The number of hydrogen-bond acceptors (Lipinski definition) is 4. The predicted molar refractivity (Wildman–Crippen MR) is 90.6 cm³/mol. The molecule has 0 saturated carbocycles. The normalized spacial score (nSPS) is 16.8. The lowest BCUT2D eigenvalue weighted by atomic mass is 9.90. The van der Waals surface area contributed by atoms with Crippen molar-refractivity contribution >= 4 is 5.91 Å². The van der Waals surface area contributed by atoms with Crippen LogP contribution in [0.3, 0.4) is 0 Å². The van der Waals surface area contributed by atoms with Crippen molar-refractivity contribution in [2.24, 2.45) is 5.92 Å². The molecule has 0 radical (unpaired) electrons. The second kappa shape index (κ2) is 7.57. The Morgan fingerprint density at radius 2 is 2.17 bits per heavy atom. The molecule has 2 aromatic heterocycles. The van der Waals surface area contributed by atoms with Gasteiger partial charge in [-0.15, -0.1) is 0 Å². The topological polar surface area (TPSA) is 69.0 Å². The van der Waals surface area contributed by atoms with Gasteiger partial charge in [0.1, 0.15) is 11.5 Å². The molecule has 0 spiro atoms. The molecule has 1 saturated heterocycles. The maximum Gasteiger partial charge on any atom is 0.270 e. The SMILES string of the molecule is CCn1ccnc1[C@H](NC(=O)c1ncccc1C)C1CCOCC1. The van der Waals surface area contributed by atoms with E-state index in [-0.39, 0.29) is 11.9 Å². The van der Waals surface area contributed by atoms with Crippen LogP contribution in [0.5, 0.6) is 0 Å². The molecule has 2 aromatic rings. The first-order valence-corrected chi connectivity index (χ1v) is 8.52. The van der Waals surface area contributed by atoms with Crippen LogP contribution in [0.4, 0.5) is 0 Å². The lowest BCUT2D eigenvalue weighted by Gasteiger charge is -2.31. The van der Waals surface area contributed by atoms with Gasteiger partial charge < -0.3 is 14.6 Å². The number of amides is 1. The fourth-order valence-corrected chi connectivity index (χ4v) is 3.24. The molecule has 0 aromatic carbocycles. The molecule has 6 nitrogen and oxygen atoms in total. The molecule has 0 aliphatic carbocycles. The summed E-state index contributed by atoms with van der Waals surface area (Å²) in [4.78, 5) is 21.5. The van der Waals surface area contributed by atoms with Crippen LogP contribution in [0.25, 0.3) is 0 Å². The van der Waals surface area contributed by atoms with E-state index in [0.717, 1.165) is 44.0 Å². The number of carbonyl (C=O) groups is 1. The third kappa shape index (κ3) is 3.48. The zero-order chi connectivity index (χ0) is 16.9. The molecule has 1 aliphatic rings. The summed E-state index contributed by atoms with van der Waals surface area (Å²) in [5.74, 6) is 1.08. The van der Waals surface area contributed by atoms with Crippen LogP contribution < -0.4 is 5.32 Å². The molecular weight excluding hydrogens is 304 g/mol. The summed E-state index contributed by atoms with van der Waals surface area (Å²) in [5.41, 5.74) is 1.35. The molecule has 6 heteroatoms. The summed E-state index contributed by atoms with van der Waals surface area (Å²) < 4.78 is 7.57. The molecule has 24 heavy (non-hydrogen) atoms. The monoisotopic (exact) mass is 328 g/mol. The number of nitrogens with one attached hydrogen (secondary N) is 1. The molecule has 1 N–H and O–H groups in total. The van der Waals surface area contributed by atoms with Gasteiger partial charge in [-0.2, -0.15) is 0 Å². The first kappa shape index (κ1) is 16.6. The Morgan fingerprint density at radius 3 is 2.88 bits per heavy atom. The minimum atomic E-state index is -0.143. The number of nitrogens with zero attached hydrogens (tertiary/aromatic N) is 3. The minimum Gasteiger partial charge on any atom is -0.381 e. The summed E-state index contributed by atoms with van der Waals surface area (Å²) >= 11 is 0. The Labute approximate surface area is 142 Å². The number of ether oxygens (including phenoxy) is 1. The number of rotatable bonds is 5. The summed E-state index contributed by atoms with van der Waals surface area (Å²) in [7, 11) is 0. The van der Waals surface area contributed by atoms with Gasteiger partial charge >= 0.3 is 0 Å². The largest absolute Gasteiger partial charge is 0.381 e. The third-order valence-corrected chi connectivity index (χ3v) is 4.62. The van der Waals surface area contributed by atoms with Crippen molar-refractivity contribution in [3.05, 3.63) is 47.8 Å². The molecule has 0 bridgehead atoms. The number of hydrogen-bond donors (Lipinski definition) is 1. The van der Waals surface area contributed by atoms with E-state index >= 15 is 0 Å². The molecule has 1 atom stereocenters. The highest BCUT2D eigenvalue weighted by atomic mass is 16.5. The fourth-order valence-electron chi connectivity index (χ4n) is 3.24. The maximum atomic E-state index is 12.8. The van der Waals surface area contributed by atoms with Crippen LogP contribution in [0.1, 0.15) is 47.7 Å². The van der Waals surface area contributed by atoms with E-state index in [9.17, 15) is 4.79 Å². The van der Waals surface area contributed by atoms with Gasteiger partial charge in [-0.05, 0) is 44.2 Å². The Balaban J connectivity index is 1.87. The van der Waals surface area contributed by atoms with Gasteiger partial charge in [-0.3, -0.25) is 9.78 Å². The zero-order valence-electron chi connectivity index (χ0n) is 14.2. The van der Waals surface area contributed by atoms with E-state index in [1.807, 2.05) is 25.3 Å². The Hall–Kier alpha value is -2.21. The van der Waals surface area contributed by atoms with Crippen molar-refractivity contribution in [1.29, 1.82) is 0 Å². The predicted octanol–water partition coefficient (Wildman–Crippen LogP) is 2.50. The molecular formula is C18H24N4O2. The Bertz CT molecular complexity index is 692. The number of carbonyl (C=O) groups excluding carboxylic acids is 1. The van der Waals surface area contributed by atoms with Gasteiger partial charge in [-0.1, -0.05) is 6.07 Å². The highest BCUT2D eigenvalue weighted by Gasteiger charge is 2.30. The molecule has 1 fully saturated rings. The van der Waals surface area contributed by atoms with E-state index < -0.39 is 0 Å². The molecule has 3 heterocycles. The van der Waals surface area contributed by atoms with Crippen LogP contribution >= 0.6 is 0 Å². The van der Waals surface area contributed by atoms with Gasteiger partial charge in [0.15, 0.2) is 0 Å². The average Bonchev–Trinajstić information content (AvgIpc) is 3.09. The van der Waals surface area contributed by atoms with Crippen molar-refractivity contribution in [3.63, 3.8) is 0 Å². The molecule has 0 unspecified atom stereocenters. The standard InChI is InChI=1S/C18H24N4O2/c1-3-22-10-9-20-17(22)16(14-6-11-24-12-7-14)21-18(23)15-13(2)5-4-8-19-15/h4-5,8-10,14,16H,3,6-7,11-12H2,1-2H3,(H,21,23)/t16-/m1/s1. The van der Waals surface area contributed by atoms with Crippen LogP contribution in [0, 0.1) is 12.8 Å². The molecule has 1 aliphatic heterocycles. The van der Waals surface area contributed by atoms with Crippen LogP contribution in [-0.4, -0.2) is 33.7 Å². The summed E-state index contributed by atoms with van der Waals surface area (Å²) in [6.45, 7) is 6.27. The van der Waals surface area contributed by atoms with Crippen molar-refractivity contribution in [1.82, 2.24) is 19.9 Å². The van der Waals surface area contributed by atoms with Gasteiger partial charge in [-0.25, -0.2) is 4.98 Å². The third-order valence-electron chi connectivity index (χ3n) is 4.62. The summed E-state index contributed by atoms with van der Waals surface area (Å²) in [6, 6.07) is 3.61. The maximum absolute atomic E-state index is 12.8. The quantitative estimate of drug-likeness (QED) is 0.915. The molecule has 128 valence electrons. The van der Waals surface area contributed by atoms with Gasteiger partial charge in [0.2, 0.25) is 0 Å². The Kier molecular flexibility index (Phi) is 5.25. The van der Waals surface area contributed by atoms with E-state index in [0.29, 0.717) is 11.6 Å². The summed E-state index contributed by atoms with van der Waals surface area (Å²) in [5, 5.41) is 3.18. The van der Waals surface area contributed by atoms with Crippen molar-refractivity contribution in [2.45, 2.75) is 39.3 Å². The molecule has 3 rings (SSSR count). The fraction of sp³-hybridized carbons (Fsp3) is 0.500. The van der Waals surface area contributed by atoms with Crippen molar-refractivity contribution in [2.75, 3.05) is 13.2 Å². The number of imidazole rings is 1. The van der Waals surface area contributed by atoms with Gasteiger partial charge in [0.05, 0.1) is 6.04 Å². The average molecular weight is 328 g/mol. The smallest absolute Gasteiger partial charge is 0.270 e. The van der Waals surface area contributed by atoms with Crippen LogP contribution in [-0.2, 0) is 11.3 Å². The number of pyridine rings is 1. The minimum absolute atomic E-state index is 0.127. The highest BCUT2D eigenvalue weighted by Crippen LogP contribution is 2.29. The van der Waals surface area contributed by atoms with E-state index in [1.165, 1.54) is 0 Å². The lowest BCUT2D eigenvalue weighted by molar-refractivity contribution is 0.0497. The van der Waals surface area contributed by atoms with Crippen molar-refractivity contribution < 1.29 is 9.53 Å². The number of aromatic nitrogens is 3. The van der Waals surface area contributed by atoms with Gasteiger partial charge in [0.25, 0.3) is 5.91 Å². The number of aryl methyl sites for hydroxylation is 2. The first-order valence-electron chi connectivity index (χ1n) is 8.52. The first-order chi connectivity index (χ1) is 11.7. The second-order valence-corrected chi connectivity index (χ2v) is 6.14. The van der Waals surface area contributed by atoms with E-state index in [1.54, 1.807) is 12.4 Å². The van der Waals surface area contributed by atoms with E-state index in [2.05, 4.69) is 26.8 Å². The zero-order valence-corrected chi connectivity index (χ0v) is 14.2. The van der Waals surface area contributed by atoms with Crippen molar-refractivity contribution in [3.8, 4) is 0 Å². The lowest BCUT2D eigenvalue weighted by Crippen LogP contribution is -2.38. The van der Waals surface area contributed by atoms with Crippen LogP contribution in [0.15, 0.2) is 30.7 Å². The second-order valence-electron chi connectivity index (χ2n) is 6.14. The van der Waals surface area contributed by atoms with Crippen LogP contribution in [0.2, 0.25) is 0 Å².